The molecule has 3 aromatic rings. The van der Waals surface area contributed by atoms with Crippen LogP contribution in [0.3, 0.4) is 0 Å². The highest BCUT2D eigenvalue weighted by molar-refractivity contribution is 7.91. The van der Waals surface area contributed by atoms with E-state index in [0.717, 1.165) is 13.2 Å². The van der Waals surface area contributed by atoms with Crippen LogP contribution in [0.25, 0.3) is 5.65 Å². The number of anilines is 2. The minimum absolute atomic E-state index is 0.0637. The molecule has 8 nitrogen and oxygen atoms in total. The van der Waals surface area contributed by atoms with Crippen molar-refractivity contribution in [3.8, 4) is 0 Å². The van der Waals surface area contributed by atoms with Gasteiger partial charge in [0.25, 0.3) is 5.92 Å². The molecule has 2 fully saturated rings. The van der Waals surface area contributed by atoms with Gasteiger partial charge in [0, 0.05) is 30.6 Å². The predicted molar refractivity (Wildman–Crippen MR) is 135 cm³/mol. The zero-order valence-electron chi connectivity index (χ0n) is 21.7. The molecule has 1 amide bonds. The van der Waals surface area contributed by atoms with Gasteiger partial charge in [-0.3, -0.25) is 4.79 Å². The molecule has 2 saturated carbocycles. The third kappa shape index (κ3) is 3.60. The Morgan fingerprint density at radius 3 is 2.35 bits per heavy atom. The summed E-state index contributed by atoms with van der Waals surface area (Å²) in [6, 6.07) is 6.74. The fraction of sp³-hybridized carbons (Fsp3) is 0.500. The fourth-order valence-corrected chi connectivity index (χ4v) is 7.24. The fourth-order valence-electron chi connectivity index (χ4n) is 6.08. The zero-order chi connectivity index (χ0) is 29.0. The lowest BCUT2D eigenvalue weighted by molar-refractivity contribution is -0.181. The van der Waals surface area contributed by atoms with Gasteiger partial charge >= 0.3 is 6.18 Å². The number of nitrogens with one attached hydrogen (secondary N) is 1. The van der Waals surface area contributed by atoms with Gasteiger partial charge in [0.2, 0.25) is 5.91 Å². The minimum Gasteiger partial charge on any atom is -0.353 e. The summed E-state index contributed by atoms with van der Waals surface area (Å²) in [6.07, 6.45) is -0.426. The topological polar surface area (TPSA) is 96.7 Å². The molecular formula is C26H26F5N5O3S. The summed E-state index contributed by atoms with van der Waals surface area (Å²) >= 11 is 0. The lowest BCUT2D eigenvalue weighted by Gasteiger charge is -2.35. The maximum atomic E-state index is 15.1. The molecule has 3 aliphatic rings. The third-order valence-electron chi connectivity index (χ3n) is 8.90. The Balaban J connectivity index is 1.25. The highest BCUT2D eigenvalue weighted by atomic mass is 32.2. The standard InChI is InChI=1S/C26H26F5N5O3S/c1-23(26(29,30)31)13-35(18-12-32-19-8-9-33-36(19)21(18)23)16-6-4-14(5-7-16)20-24(2,25(20,27)28)22(37)34-15-10-17(11-15)40(3,38)39/h4-9,12,15,17,20H,10-11,13H2,1-3H3,(H,34,37)/t15?,17?,20-,23-,24+/m1/s1. The second-order valence-corrected chi connectivity index (χ2v) is 13.8. The Labute approximate surface area is 226 Å². The molecule has 3 atom stereocenters. The summed E-state index contributed by atoms with van der Waals surface area (Å²) in [5.74, 6) is -5.65. The van der Waals surface area contributed by atoms with Crippen molar-refractivity contribution in [3.63, 3.8) is 0 Å². The van der Waals surface area contributed by atoms with Gasteiger partial charge in [0.05, 0.1) is 34.9 Å². The molecule has 0 saturated heterocycles. The number of nitrogens with zero attached hydrogens (tertiary/aromatic N) is 4. The smallest absolute Gasteiger partial charge is 0.353 e. The number of amides is 1. The molecule has 0 bridgehead atoms. The molecule has 214 valence electrons. The molecule has 1 aromatic carbocycles. The van der Waals surface area contributed by atoms with E-state index in [1.54, 1.807) is 0 Å². The Hall–Kier alpha value is -3.29. The largest absolute Gasteiger partial charge is 0.401 e. The number of rotatable bonds is 5. The third-order valence-corrected chi connectivity index (χ3v) is 10.5. The number of benzene rings is 1. The molecule has 0 spiro atoms. The lowest BCUT2D eigenvalue weighted by atomic mass is 9.87. The van der Waals surface area contributed by atoms with Crippen LogP contribution >= 0.6 is 0 Å². The van der Waals surface area contributed by atoms with Crippen LogP contribution in [0.4, 0.5) is 33.3 Å². The van der Waals surface area contributed by atoms with Crippen LogP contribution < -0.4 is 10.2 Å². The average Bonchev–Trinajstić information content (AvgIpc) is 3.20. The first kappa shape index (κ1) is 26.9. The minimum atomic E-state index is -4.61. The van der Waals surface area contributed by atoms with Crippen LogP contribution in [0.5, 0.6) is 0 Å². The number of carbonyl (C=O) groups excluding carboxylic acids is 1. The van der Waals surface area contributed by atoms with Gasteiger partial charge in [-0.1, -0.05) is 12.1 Å². The van der Waals surface area contributed by atoms with E-state index < -0.39 is 62.4 Å². The highest BCUT2D eigenvalue weighted by Gasteiger charge is 2.82. The van der Waals surface area contributed by atoms with E-state index in [1.807, 2.05) is 0 Å². The number of carbonyl (C=O) groups is 1. The summed E-state index contributed by atoms with van der Waals surface area (Å²) in [5, 5.41) is 6.02. The Morgan fingerprint density at radius 2 is 1.75 bits per heavy atom. The van der Waals surface area contributed by atoms with Crippen molar-refractivity contribution >= 4 is 32.8 Å². The summed E-state index contributed by atoms with van der Waals surface area (Å²) in [5.41, 5.74) is -3.37. The van der Waals surface area contributed by atoms with Crippen LogP contribution in [0, 0.1) is 5.41 Å². The van der Waals surface area contributed by atoms with Crippen molar-refractivity contribution in [1.82, 2.24) is 19.9 Å². The molecule has 2 aliphatic carbocycles. The van der Waals surface area contributed by atoms with Gasteiger partial charge < -0.3 is 10.2 Å². The van der Waals surface area contributed by atoms with E-state index in [4.69, 9.17) is 0 Å². The van der Waals surface area contributed by atoms with E-state index in [0.29, 0.717) is 5.69 Å². The number of hydrogen-bond acceptors (Lipinski definition) is 6. The lowest BCUT2D eigenvalue weighted by Crippen LogP contribution is -2.51. The molecular weight excluding hydrogens is 557 g/mol. The predicted octanol–water partition coefficient (Wildman–Crippen LogP) is 4.13. The molecule has 14 heteroatoms. The first-order chi connectivity index (χ1) is 18.5. The maximum absolute atomic E-state index is 15.1. The van der Waals surface area contributed by atoms with Crippen LogP contribution in [0.1, 0.15) is 43.9 Å². The van der Waals surface area contributed by atoms with Gasteiger partial charge in [-0.05, 0) is 44.4 Å². The first-order valence-electron chi connectivity index (χ1n) is 12.7. The quantitative estimate of drug-likeness (QED) is 0.454. The summed E-state index contributed by atoms with van der Waals surface area (Å²) < 4.78 is 97.5. The number of aromatic nitrogens is 3. The van der Waals surface area contributed by atoms with E-state index in [1.165, 1.54) is 59.1 Å². The molecule has 0 radical (unpaired) electrons. The normalized spacial score (nSPS) is 31.1. The second-order valence-electron chi connectivity index (χ2n) is 11.5. The highest BCUT2D eigenvalue weighted by Crippen LogP contribution is 2.71. The van der Waals surface area contributed by atoms with Gasteiger partial charge in [0.1, 0.15) is 20.7 Å². The van der Waals surface area contributed by atoms with Gasteiger partial charge in [0.15, 0.2) is 5.65 Å². The molecule has 40 heavy (non-hydrogen) atoms. The number of halogens is 5. The number of alkyl halides is 5. The maximum Gasteiger partial charge on any atom is 0.401 e. The van der Waals surface area contributed by atoms with Crippen molar-refractivity contribution in [2.24, 2.45) is 5.41 Å². The summed E-state index contributed by atoms with van der Waals surface area (Å²) in [7, 11) is -3.26. The van der Waals surface area contributed by atoms with Crippen LogP contribution in [-0.4, -0.2) is 65.1 Å². The monoisotopic (exact) mass is 583 g/mol. The van der Waals surface area contributed by atoms with Crippen LogP contribution in [0.2, 0.25) is 0 Å². The second kappa shape index (κ2) is 8.14. The van der Waals surface area contributed by atoms with E-state index in [-0.39, 0.29) is 35.4 Å². The zero-order valence-corrected chi connectivity index (χ0v) is 22.5. The van der Waals surface area contributed by atoms with E-state index in [9.17, 15) is 26.4 Å². The van der Waals surface area contributed by atoms with Crippen LogP contribution in [0.15, 0.2) is 42.7 Å². The van der Waals surface area contributed by atoms with Crippen molar-refractivity contribution in [1.29, 1.82) is 0 Å². The molecule has 6 rings (SSSR count). The molecule has 1 N–H and O–H groups in total. The number of hydrogen-bond donors (Lipinski definition) is 1. The molecule has 1 aliphatic heterocycles. The van der Waals surface area contributed by atoms with Crippen molar-refractivity contribution in [3.05, 3.63) is 54.0 Å². The molecule has 0 unspecified atom stereocenters. The first-order valence-corrected chi connectivity index (χ1v) is 14.6. The van der Waals surface area contributed by atoms with Gasteiger partial charge in [-0.2, -0.15) is 18.3 Å². The van der Waals surface area contributed by atoms with Gasteiger partial charge in [-0.15, -0.1) is 0 Å². The summed E-state index contributed by atoms with van der Waals surface area (Å²) in [6.45, 7) is 1.80. The summed E-state index contributed by atoms with van der Waals surface area (Å²) in [4.78, 5) is 18.5. The number of sulfone groups is 1. The van der Waals surface area contributed by atoms with Crippen LogP contribution in [-0.2, 0) is 20.0 Å². The van der Waals surface area contributed by atoms with Crippen molar-refractivity contribution < 1.29 is 35.2 Å². The van der Waals surface area contributed by atoms with Gasteiger partial charge in [-0.25, -0.2) is 26.7 Å². The SMILES string of the molecule is C[C@@]1(C(F)(F)F)CN(c2ccc([C@H]3C(F)(F)[C@]3(C)C(=O)NC3CC(S(C)(=O)=O)C3)cc2)c2cnc3ccnn3c21. The Bertz CT molecular complexity index is 1630. The molecule has 2 aromatic heterocycles. The molecule has 3 heterocycles. The van der Waals surface area contributed by atoms with E-state index in [2.05, 4.69) is 15.4 Å². The Morgan fingerprint density at radius 1 is 1.10 bits per heavy atom. The van der Waals surface area contributed by atoms with E-state index >= 15 is 8.78 Å². The Kier molecular flexibility index (Phi) is 5.47. The van der Waals surface area contributed by atoms with Crippen molar-refractivity contribution in [2.75, 3.05) is 17.7 Å². The average molecular weight is 584 g/mol. The van der Waals surface area contributed by atoms with Crippen molar-refractivity contribution in [2.45, 2.75) is 61.4 Å². The number of fused-ring (bicyclic) bond motifs is 3.